The summed E-state index contributed by atoms with van der Waals surface area (Å²) in [5, 5.41) is 0. The molecule has 0 saturated carbocycles. The Morgan fingerprint density at radius 1 is 1.40 bits per heavy atom. The molecule has 0 fully saturated rings. The van der Waals surface area contributed by atoms with E-state index < -0.39 is 0 Å². The van der Waals surface area contributed by atoms with Crippen LogP contribution in [-0.2, 0) is 11.2 Å². The van der Waals surface area contributed by atoms with Crippen molar-refractivity contribution >= 4 is 11.6 Å². The standard InChI is InChI=1S/C11H13N3O/c1-7(15)13-14-10-6-8-4-2-3-5-9(8)11(10)12/h2-5,14H,6,12H2,1H3,(H,13,15). The lowest BCUT2D eigenvalue weighted by molar-refractivity contribution is -0.119. The van der Waals surface area contributed by atoms with E-state index in [-0.39, 0.29) is 5.91 Å². The summed E-state index contributed by atoms with van der Waals surface area (Å²) in [6.07, 6.45) is 0.738. The van der Waals surface area contributed by atoms with Gasteiger partial charge in [-0.05, 0) is 5.56 Å². The number of hydrazine groups is 1. The molecule has 78 valence electrons. The van der Waals surface area contributed by atoms with E-state index in [1.807, 2.05) is 24.3 Å². The first kappa shape index (κ1) is 9.58. The molecule has 0 heterocycles. The van der Waals surface area contributed by atoms with Crippen LogP contribution in [0.1, 0.15) is 18.1 Å². The lowest BCUT2D eigenvalue weighted by atomic mass is 10.1. The van der Waals surface area contributed by atoms with Crippen molar-refractivity contribution in [3.05, 3.63) is 41.1 Å². The number of carbonyl (C=O) groups is 1. The van der Waals surface area contributed by atoms with Crippen LogP contribution >= 0.6 is 0 Å². The highest BCUT2D eigenvalue weighted by Crippen LogP contribution is 2.26. The first-order chi connectivity index (χ1) is 7.18. The van der Waals surface area contributed by atoms with Crippen LogP contribution in [-0.4, -0.2) is 5.91 Å². The van der Waals surface area contributed by atoms with Crippen molar-refractivity contribution in [1.82, 2.24) is 10.9 Å². The first-order valence-electron chi connectivity index (χ1n) is 4.78. The summed E-state index contributed by atoms with van der Waals surface area (Å²) in [4.78, 5) is 10.7. The lowest BCUT2D eigenvalue weighted by Crippen LogP contribution is -2.35. The molecule has 0 atom stereocenters. The highest BCUT2D eigenvalue weighted by Gasteiger charge is 2.18. The summed E-state index contributed by atoms with van der Waals surface area (Å²) in [5.41, 5.74) is 15.1. The number of hydrogen-bond acceptors (Lipinski definition) is 3. The van der Waals surface area contributed by atoms with Crippen molar-refractivity contribution in [2.24, 2.45) is 5.73 Å². The SMILES string of the molecule is CC(=O)NNC1=C(N)c2ccccc2C1. The van der Waals surface area contributed by atoms with Gasteiger partial charge in [0.15, 0.2) is 0 Å². The fourth-order valence-corrected chi connectivity index (χ4v) is 1.66. The van der Waals surface area contributed by atoms with Gasteiger partial charge in [-0.3, -0.25) is 10.2 Å². The Labute approximate surface area is 88.1 Å². The van der Waals surface area contributed by atoms with Gasteiger partial charge in [-0.25, -0.2) is 0 Å². The zero-order valence-electron chi connectivity index (χ0n) is 8.50. The Bertz CT molecular complexity index is 437. The molecule has 1 amide bonds. The summed E-state index contributed by atoms with van der Waals surface area (Å²) in [6.45, 7) is 1.45. The predicted octanol–water partition coefficient (Wildman–Crippen LogP) is 0.511. The minimum absolute atomic E-state index is 0.133. The Balaban J connectivity index is 2.18. The Morgan fingerprint density at radius 3 is 2.80 bits per heavy atom. The summed E-state index contributed by atoms with van der Waals surface area (Å²) in [7, 11) is 0. The Morgan fingerprint density at radius 2 is 2.13 bits per heavy atom. The Hall–Kier alpha value is -1.97. The highest BCUT2D eigenvalue weighted by molar-refractivity contribution is 5.75. The molecule has 1 aliphatic carbocycles. The van der Waals surface area contributed by atoms with Gasteiger partial charge in [-0.15, -0.1) is 0 Å². The molecule has 0 aliphatic heterocycles. The molecule has 4 nitrogen and oxygen atoms in total. The number of nitrogens with one attached hydrogen (secondary N) is 2. The quantitative estimate of drug-likeness (QED) is 0.613. The van der Waals surface area contributed by atoms with Crippen LogP contribution in [0.5, 0.6) is 0 Å². The molecule has 1 aliphatic rings. The van der Waals surface area contributed by atoms with E-state index >= 15 is 0 Å². The van der Waals surface area contributed by atoms with Gasteiger partial charge in [-0.1, -0.05) is 24.3 Å². The monoisotopic (exact) mass is 203 g/mol. The van der Waals surface area contributed by atoms with Gasteiger partial charge in [-0.2, -0.15) is 0 Å². The van der Waals surface area contributed by atoms with Crippen LogP contribution in [0.2, 0.25) is 0 Å². The largest absolute Gasteiger partial charge is 0.397 e. The maximum absolute atomic E-state index is 10.7. The number of allylic oxidation sites excluding steroid dienone is 1. The third kappa shape index (κ3) is 1.79. The summed E-state index contributed by atoms with van der Waals surface area (Å²) >= 11 is 0. The minimum Gasteiger partial charge on any atom is -0.397 e. The molecule has 0 radical (unpaired) electrons. The number of fused-ring (bicyclic) bond motifs is 1. The average molecular weight is 203 g/mol. The summed E-state index contributed by atoms with van der Waals surface area (Å²) < 4.78 is 0. The van der Waals surface area contributed by atoms with Crippen LogP contribution in [0.3, 0.4) is 0 Å². The van der Waals surface area contributed by atoms with Crippen LogP contribution < -0.4 is 16.6 Å². The molecule has 0 spiro atoms. The van der Waals surface area contributed by atoms with E-state index in [1.165, 1.54) is 12.5 Å². The number of carbonyl (C=O) groups excluding carboxylic acids is 1. The fourth-order valence-electron chi connectivity index (χ4n) is 1.66. The molecule has 0 aromatic heterocycles. The molecule has 1 aromatic rings. The molecule has 0 bridgehead atoms. The van der Waals surface area contributed by atoms with Crippen molar-refractivity contribution in [2.75, 3.05) is 0 Å². The number of amides is 1. The zero-order chi connectivity index (χ0) is 10.8. The Kier molecular flexibility index (Phi) is 2.33. The zero-order valence-corrected chi connectivity index (χ0v) is 8.50. The number of hydrogen-bond donors (Lipinski definition) is 3. The van der Waals surface area contributed by atoms with Crippen molar-refractivity contribution < 1.29 is 4.79 Å². The lowest BCUT2D eigenvalue weighted by Gasteiger charge is -2.07. The minimum atomic E-state index is -0.133. The van der Waals surface area contributed by atoms with Crippen LogP contribution in [0.4, 0.5) is 0 Å². The van der Waals surface area contributed by atoms with Gasteiger partial charge in [0.25, 0.3) is 0 Å². The number of nitrogens with two attached hydrogens (primary N) is 1. The van der Waals surface area contributed by atoms with E-state index in [0.717, 1.165) is 17.7 Å². The van der Waals surface area contributed by atoms with Crippen LogP contribution in [0, 0.1) is 0 Å². The second-order valence-corrected chi connectivity index (χ2v) is 3.53. The van der Waals surface area contributed by atoms with E-state index in [0.29, 0.717) is 5.70 Å². The maximum atomic E-state index is 10.7. The van der Waals surface area contributed by atoms with E-state index in [9.17, 15) is 4.79 Å². The molecule has 4 heteroatoms. The molecule has 2 rings (SSSR count). The predicted molar refractivity (Wildman–Crippen MR) is 58.2 cm³/mol. The summed E-state index contributed by atoms with van der Waals surface area (Å²) in [6, 6.07) is 7.94. The normalized spacial score (nSPS) is 13.7. The molecular formula is C11H13N3O. The van der Waals surface area contributed by atoms with Gasteiger partial charge in [0.05, 0.1) is 11.4 Å². The highest BCUT2D eigenvalue weighted by atomic mass is 16.2. The van der Waals surface area contributed by atoms with Crippen molar-refractivity contribution in [3.8, 4) is 0 Å². The van der Waals surface area contributed by atoms with Crippen LogP contribution in [0.25, 0.3) is 5.70 Å². The van der Waals surface area contributed by atoms with Gasteiger partial charge in [0, 0.05) is 18.9 Å². The molecule has 4 N–H and O–H groups in total. The molecule has 0 unspecified atom stereocenters. The fraction of sp³-hybridized carbons (Fsp3) is 0.182. The van der Waals surface area contributed by atoms with E-state index in [4.69, 9.17) is 5.73 Å². The van der Waals surface area contributed by atoms with Crippen molar-refractivity contribution in [1.29, 1.82) is 0 Å². The van der Waals surface area contributed by atoms with Gasteiger partial charge in [0.1, 0.15) is 0 Å². The van der Waals surface area contributed by atoms with E-state index in [2.05, 4.69) is 10.9 Å². The van der Waals surface area contributed by atoms with E-state index in [1.54, 1.807) is 0 Å². The molecule has 15 heavy (non-hydrogen) atoms. The summed E-state index contributed by atoms with van der Waals surface area (Å²) in [5.74, 6) is -0.133. The third-order valence-corrected chi connectivity index (χ3v) is 2.39. The maximum Gasteiger partial charge on any atom is 0.235 e. The average Bonchev–Trinajstić information content (AvgIpc) is 2.54. The molecular weight excluding hydrogens is 190 g/mol. The topological polar surface area (TPSA) is 67.2 Å². The number of rotatable bonds is 2. The van der Waals surface area contributed by atoms with Crippen LogP contribution in [0.15, 0.2) is 30.0 Å². The third-order valence-electron chi connectivity index (χ3n) is 2.39. The second-order valence-electron chi connectivity index (χ2n) is 3.53. The van der Waals surface area contributed by atoms with Gasteiger partial charge in [0.2, 0.25) is 5.91 Å². The second kappa shape index (κ2) is 3.65. The van der Waals surface area contributed by atoms with Gasteiger partial charge >= 0.3 is 0 Å². The van der Waals surface area contributed by atoms with Gasteiger partial charge < -0.3 is 11.2 Å². The first-order valence-corrected chi connectivity index (χ1v) is 4.78. The smallest absolute Gasteiger partial charge is 0.235 e. The molecule has 0 saturated heterocycles. The van der Waals surface area contributed by atoms with Crippen molar-refractivity contribution in [3.63, 3.8) is 0 Å². The van der Waals surface area contributed by atoms with Crippen molar-refractivity contribution in [2.45, 2.75) is 13.3 Å². The number of benzene rings is 1. The molecule has 1 aromatic carbocycles.